The van der Waals surface area contributed by atoms with Crippen LogP contribution in [0.1, 0.15) is 52.8 Å². The van der Waals surface area contributed by atoms with Crippen LogP contribution in [0.5, 0.6) is 5.75 Å². The Kier molecular flexibility index (Phi) is 11.8. The molecule has 0 aromatic heterocycles. The van der Waals surface area contributed by atoms with Crippen molar-refractivity contribution in [2.45, 2.75) is 61.5 Å². The molecule has 0 spiro atoms. The Bertz CT molecular complexity index is 1430. The summed E-state index contributed by atoms with van der Waals surface area (Å²) in [5.41, 5.74) is 11.5. The molecule has 216 valence electrons. The van der Waals surface area contributed by atoms with Crippen LogP contribution in [-0.4, -0.2) is 39.6 Å². The molecule has 0 aliphatic carbocycles. The largest absolute Gasteiger partial charge is 0.333 e. The molecule has 0 saturated heterocycles. The predicted molar refractivity (Wildman–Crippen MR) is 181 cm³/mol. The molecular formula is C31H37I2N3O3Ru. The molecule has 0 unspecified atom stereocenters. The van der Waals surface area contributed by atoms with E-state index in [9.17, 15) is 10.1 Å². The number of ether oxygens (including phenoxy) is 1. The Morgan fingerprint density at radius 3 is 2.02 bits per heavy atom. The Balaban J connectivity index is 0.000000232. The standard InChI is InChI=1S/C21H26N2.C10H11NO3.2HI.Ru/c1-14-9-16(3)20(17(4)10-14)22-7-8-23(13-22)21-18(5)11-15(2)12-19(21)6;1-7(2)14-10-5-4-9(11(12)13)6-8(10)3;;;/h9-12H,7-8H2,1-6H3;3-7H,1-2H3;2*1H;/q;;;;+2/p-2. The first-order valence-corrected chi connectivity index (χ1v) is 24.4. The van der Waals surface area contributed by atoms with Crippen LogP contribution in [0.4, 0.5) is 17.1 Å². The molecule has 3 aromatic rings. The van der Waals surface area contributed by atoms with Crippen LogP contribution >= 0.6 is 39.5 Å². The van der Waals surface area contributed by atoms with Gasteiger partial charge >= 0.3 is 128 Å². The molecule has 1 heterocycles. The van der Waals surface area contributed by atoms with E-state index in [4.69, 9.17) is 4.74 Å². The molecule has 0 amide bonds. The molecule has 0 bridgehead atoms. The predicted octanol–water partition coefficient (Wildman–Crippen LogP) is 8.46. The Hall–Kier alpha value is -1.72. The quantitative estimate of drug-likeness (QED) is 0.0624. The molecule has 6 nitrogen and oxygen atoms in total. The van der Waals surface area contributed by atoms with E-state index in [0.29, 0.717) is 0 Å². The number of nitro benzene ring substituents is 1. The summed E-state index contributed by atoms with van der Waals surface area (Å²) < 4.78 is 10.0. The molecule has 4 rings (SSSR count). The van der Waals surface area contributed by atoms with Crippen LogP contribution in [0.25, 0.3) is 0 Å². The average molecular weight is 855 g/mol. The van der Waals surface area contributed by atoms with Crippen molar-refractivity contribution in [2.24, 2.45) is 0 Å². The topological polar surface area (TPSA) is 58.6 Å². The van der Waals surface area contributed by atoms with Gasteiger partial charge in [-0.3, -0.25) is 0 Å². The van der Waals surface area contributed by atoms with Crippen LogP contribution in [-0.2, 0) is 8.47 Å². The van der Waals surface area contributed by atoms with Crippen molar-refractivity contribution < 1.29 is 22.7 Å². The van der Waals surface area contributed by atoms with Crippen LogP contribution in [0.3, 0.4) is 0 Å². The minimum atomic E-state index is -1.05. The SMILES string of the molecule is CC(C)Oc1ccc([N+](=O)[O-])cc1[CH]=[Ru]([I])[I].Cc1cc(C)c(N2[C-]=[N+](c3c(C)cc(C)cc3C)CC2)c(C)c1. The number of hydrogen-bond donors (Lipinski definition) is 0. The van der Waals surface area contributed by atoms with Gasteiger partial charge in [0.05, 0.1) is 0 Å². The monoisotopic (exact) mass is 855 g/mol. The Labute approximate surface area is 264 Å². The first-order valence-electron chi connectivity index (χ1n) is 13.0. The second kappa shape index (κ2) is 14.4. The van der Waals surface area contributed by atoms with Gasteiger partial charge in [0.2, 0.25) is 6.34 Å². The summed E-state index contributed by atoms with van der Waals surface area (Å²) in [5.74, 6) is 0.720. The third kappa shape index (κ3) is 8.65. The zero-order chi connectivity index (χ0) is 29.7. The summed E-state index contributed by atoms with van der Waals surface area (Å²) in [6.45, 7) is 18.9. The van der Waals surface area contributed by atoms with E-state index in [2.05, 4.69) is 126 Å². The third-order valence-electron chi connectivity index (χ3n) is 6.35. The van der Waals surface area contributed by atoms with E-state index in [1.54, 1.807) is 12.1 Å². The normalized spacial score (nSPS) is 13.0. The van der Waals surface area contributed by atoms with E-state index in [0.717, 1.165) is 24.4 Å². The zero-order valence-electron chi connectivity index (χ0n) is 24.3. The van der Waals surface area contributed by atoms with Crippen LogP contribution < -0.4 is 9.64 Å². The molecule has 0 radical (unpaired) electrons. The molecule has 9 heteroatoms. The summed E-state index contributed by atoms with van der Waals surface area (Å²) in [7, 11) is -1.05. The Morgan fingerprint density at radius 2 is 1.52 bits per heavy atom. The van der Waals surface area contributed by atoms with Crippen molar-refractivity contribution >= 4 is 67.5 Å². The maximum atomic E-state index is 10.7. The van der Waals surface area contributed by atoms with Gasteiger partial charge in [0.15, 0.2) is 0 Å². The molecular weight excluding hydrogens is 817 g/mol. The fourth-order valence-electron chi connectivity index (χ4n) is 5.14. The second-order valence-electron chi connectivity index (χ2n) is 10.4. The first kappa shape index (κ1) is 32.8. The third-order valence-corrected chi connectivity index (χ3v) is 9.88. The molecule has 3 aromatic carbocycles. The van der Waals surface area contributed by atoms with E-state index in [1.165, 1.54) is 50.8 Å². The minimum Gasteiger partial charge on any atom is -0.333 e. The van der Waals surface area contributed by atoms with Crippen molar-refractivity contribution in [1.82, 2.24) is 0 Å². The van der Waals surface area contributed by atoms with E-state index >= 15 is 0 Å². The number of halogens is 2. The van der Waals surface area contributed by atoms with Crippen molar-refractivity contribution in [3.05, 3.63) is 91.5 Å². The van der Waals surface area contributed by atoms with Gasteiger partial charge in [-0.15, -0.1) is 0 Å². The summed E-state index contributed by atoms with van der Waals surface area (Å²) in [6, 6.07) is 13.8. The van der Waals surface area contributed by atoms with Gasteiger partial charge in [0.1, 0.15) is 13.1 Å². The van der Waals surface area contributed by atoms with Gasteiger partial charge < -0.3 is 9.48 Å². The first-order chi connectivity index (χ1) is 18.8. The smallest absolute Gasteiger partial charge is 0.206 e. The maximum absolute atomic E-state index is 10.7. The number of aryl methyl sites for hydroxylation is 6. The molecule has 1 aliphatic rings. The molecule has 0 N–H and O–H groups in total. The van der Waals surface area contributed by atoms with E-state index in [1.807, 2.05) is 13.8 Å². The number of benzene rings is 3. The summed E-state index contributed by atoms with van der Waals surface area (Å²) in [4.78, 5) is 12.6. The molecule has 0 atom stereocenters. The molecule has 0 fully saturated rings. The molecule has 40 heavy (non-hydrogen) atoms. The van der Waals surface area contributed by atoms with Gasteiger partial charge in [-0.25, -0.2) is 0 Å². The second-order valence-corrected chi connectivity index (χ2v) is 30.2. The fourth-order valence-corrected chi connectivity index (χ4v) is 8.75. The number of nitrogens with zero attached hydrogens (tertiary/aromatic N) is 3. The van der Waals surface area contributed by atoms with Crippen molar-refractivity contribution in [2.75, 3.05) is 18.0 Å². The van der Waals surface area contributed by atoms with Crippen LogP contribution in [0, 0.1) is 51.7 Å². The number of rotatable bonds is 6. The number of non-ortho nitro benzene ring substituents is 1. The van der Waals surface area contributed by atoms with Gasteiger partial charge in [-0.2, -0.15) is 0 Å². The number of hydrogen-bond acceptors (Lipinski definition) is 4. The van der Waals surface area contributed by atoms with E-state index < -0.39 is 8.47 Å². The van der Waals surface area contributed by atoms with Crippen LogP contribution in [0.2, 0.25) is 0 Å². The maximum Gasteiger partial charge on any atom is 0.206 e. The Morgan fingerprint density at radius 1 is 0.975 bits per heavy atom. The van der Waals surface area contributed by atoms with E-state index in [-0.39, 0.29) is 16.7 Å². The van der Waals surface area contributed by atoms with Crippen molar-refractivity contribution in [3.63, 3.8) is 0 Å². The zero-order valence-corrected chi connectivity index (χ0v) is 30.3. The van der Waals surface area contributed by atoms with Crippen molar-refractivity contribution in [3.8, 4) is 5.75 Å². The summed E-state index contributed by atoms with van der Waals surface area (Å²) >= 11 is 4.75. The number of nitro groups is 1. The minimum absolute atomic E-state index is 0.0627. The van der Waals surface area contributed by atoms with Gasteiger partial charge in [0, 0.05) is 11.4 Å². The fraction of sp³-hybridized carbons (Fsp3) is 0.355. The van der Waals surface area contributed by atoms with Crippen molar-refractivity contribution in [1.29, 1.82) is 0 Å². The number of anilines is 1. The molecule has 1 aliphatic heterocycles. The average Bonchev–Trinajstić information content (AvgIpc) is 3.27. The molecule has 0 saturated carbocycles. The van der Waals surface area contributed by atoms with Gasteiger partial charge in [-0.05, 0) is 41.5 Å². The van der Waals surface area contributed by atoms with Crippen LogP contribution in [0.15, 0.2) is 42.5 Å². The summed E-state index contributed by atoms with van der Waals surface area (Å²) in [6.07, 6.45) is 3.66. The van der Waals surface area contributed by atoms with Gasteiger partial charge in [-0.1, -0.05) is 57.6 Å². The summed E-state index contributed by atoms with van der Waals surface area (Å²) in [5, 5.41) is 10.7. The van der Waals surface area contributed by atoms with Gasteiger partial charge in [0.25, 0.3) is 0 Å².